The number of carbonyl (C=O) groups is 2. The van der Waals surface area contributed by atoms with Crippen LogP contribution in [0.2, 0.25) is 0 Å². The minimum absolute atomic E-state index is 0.255. The van der Waals surface area contributed by atoms with Gasteiger partial charge >= 0.3 is 0 Å². The Kier molecular flexibility index (Phi) is 4.68. The Morgan fingerprint density at radius 3 is 2.32 bits per heavy atom. The molecule has 25 heavy (non-hydrogen) atoms. The molecule has 1 aliphatic heterocycles. The summed E-state index contributed by atoms with van der Waals surface area (Å²) in [4.78, 5) is 28.9. The van der Waals surface area contributed by atoms with Gasteiger partial charge in [-0.3, -0.25) is 9.59 Å². The van der Waals surface area contributed by atoms with E-state index in [2.05, 4.69) is 0 Å². The lowest BCUT2D eigenvalue weighted by atomic mass is 10.1. The first kappa shape index (κ1) is 17.3. The highest BCUT2D eigenvalue weighted by Gasteiger charge is 2.36. The van der Waals surface area contributed by atoms with E-state index in [1.165, 1.54) is 4.90 Å². The standard InChI is InChI=1S/C20H20N2O2S/c1-13-5-6-14(2)17(11-13)22-19(23)18(25-20(22)24)12-15-7-9-16(10-8-15)21(3)4/h5-12H,1-4H3/b18-12-. The minimum atomic E-state index is -0.264. The molecule has 0 aromatic heterocycles. The molecule has 0 aliphatic carbocycles. The summed E-state index contributed by atoms with van der Waals surface area (Å²) in [6.07, 6.45) is 1.77. The van der Waals surface area contributed by atoms with Gasteiger partial charge in [0.1, 0.15) is 0 Å². The maximum atomic E-state index is 12.8. The lowest BCUT2D eigenvalue weighted by Crippen LogP contribution is -2.28. The Morgan fingerprint density at radius 2 is 1.68 bits per heavy atom. The van der Waals surface area contributed by atoms with Crippen LogP contribution < -0.4 is 9.80 Å². The maximum Gasteiger partial charge on any atom is 0.298 e. The topological polar surface area (TPSA) is 40.6 Å². The first-order chi connectivity index (χ1) is 11.9. The molecule has 0 N–H and O–H groups in total. The monoisotopic (exact) mass is 352 g/mol. The van der Waals surface area contributed by atoms with Crippen LogP contribution in [0.5, 0.6) is 0 Å². The Morgan fingerprint density at radius 1 is 1.00 bits per heavy atom. The summed E-state index contributed by atoms with van der Waals surface area (Å²) in [5.41, 5.74) is 4.57. The molecule has 0 atom stereocenters. The average Bonchev–Trinajstić information content (AvgIpc) is 2.84. The minimum Gasteiger partial charge on any atom is -0.378 e. The molecule has 0 radical (unpaired) electrons. The smallest absolute Gasteiger partial charge is 0.298 e. The van der Waals surface area contributed by atoms with Crippen molar-refractivity contribution >= 4 is 40.4 Å². The largest absolute Gasteiger partial charge is 0.378 e. The molecule has 0 saturated carbocycles. The van der Waals surface area contributed by atoms with Gasteiger partial charge in [0.05, 0.1) is 10.6 Å². The van der Waals surface area contributed by atoms with E-state index >= 15 is 0 Å². The van der Waals surface area contributed by atoms with Gasteiger partial charge < -0.3 is 4.90 Å². The van der Waals surface area contributed by atoms with Gasteiger partial charge in [-0.2, -0.15) is 0 Å². The normalized spacial score (nSPS) is 16.0. The van der Waals surface area contributed by atoms with E-state index in [4.69, 9.17) is 0 Å². The van der Waals surface area contributed by atoms with Gasteiger partial charge in [-0.1, -0.05) is 24.3 Å². The van der Waals surface area contributed by atoms with Crippen molar-refractivity contribution in [2.45, 2.75) is 13.8 Å². The third-order valence-electron chi connectivity index (χ3n) is 4.11. The Hall–Kier alpha value is -2.53. The molecule has 128 valence electrons. The van der Waals surface area contributed by atoms with Gasteiger partial charge in [0.2, 0.25) is 0 Å². The van der Waals surface area contributed by atoms with E-state index in [9.17, 15) is 9.59 Å². The molecule has 0 spiro atoms. The molecule has 3 rings (SSSR count). The fourth-order valence-corrected chi connectivity index (χ4v) is 3.49. The summed E-state index contributed by atoms with van der Waals surface area (Å²) in [5, 5.41) is -0.255. The lowest BCUT2D eigenvalue weighted by molar-refractivity contribution is -0.113. The van der Waals surface area contributed by atoms with Crippen LogP contribution in [0, 0.1) is 13.8 Å². The number of thioether (sulfide) groups is 1. The van der Waals surface area contributed by atoms with Gasteiger partial charge in [-0.15, -0.1) is 0 Å². The third kappa shape index (κ3) is 3.46. The second-order valence-corrected chi connectivity index (χ2v) is 7.29. The number of amides is 2. The Bertz CT molecular complexity index is 870. The van der Waals surface area contributed by atoms with Crippen LogP contribution in [0.3, 0.4) is 0 Å². The van der Waals surface area contributed by atoms with E-state index in [-0.39, 0.29) is 11.1 Å². The predicted molar refractivity (Wildman–Crippen MR) is 105 cm³/mol. The number of nitrogens with zero attached hydrogens (tertiary/aromatic N) is 2. The molecule has 0 unspecified atom stereocenters. The summed E-state index contributed by atoms with van der Waals surface area (Å²) in [6, 6.07) is 13.6. The van der Waals surface area contributed by atoms with Crippen LogP contribution in [0.1, 0.15) is 16.7 Å². The zero-order chi connectivity index (χ0) is 18.1. The van der Waals surface area contributed by atoms with Crippen molar-refractivity contribution in [2.75, 3.05) is 23.9 Å². The van der Waals surface area contributed by atoms with Crippen molar-refractivity contribution in [3.63, 3.8) is 0 Å². The fourth-order valence-electron chi connectivity index (χ4n) is 2.66. The molecule has 1 aliphatic rings. The summed E-state index contributed by atoms with van der Waals surface area (Å²) >= 11 is 0.985. The highest BCUT2D eigenvalue weighted by Crippen LogP contribution is 2.37. The zero-order valence-electron chi connectivity index (χ0n) is 14.7. The van der Waals surface area contributed by atoms with Gasteiger partial charge in [0.25, 0.3) is 11.1 Å². The number of carbonyl (C=O) groups excluding carboxylic acids is 2. The zero-order valence-corrected chi connectivity index (χ0v) is 15.6. The van der Waals surface area contributed by atoms with Crippen molar-refractivity contribution < 1.29 is 9.59 Å². The maximum absolute atomic E-state index is 12.8. The summed E-state index contributed by atoms with van der Waals surface area (Å²) in [7, 11) is 3.95. The Labute approximate surface area is 152 Å². The molecule has 1 fully saturated rings. The van der Waals surface area contributed by atoms with Gasteiger partial charge in [0.15, 0.2) is 0 Å². The second-order valence-electron chi connectivity index (χ2n) is 6.29. The molecule has 2 amide bonds. The number of rotatable bonds is 3. The van der Waals surface area contributed by atoms with Gasteiger partial charge in [-0.25, -0.2) is 4.90 Å². The van der Waals surface area contributed by atoms with Crippen LogP contribution in [-0.2, 0) is 4.79 Å². The molecular weight excluding hydrogens is 332 g/mol. The SMILES string of the molecule is Cc1ccc(C)c(N2C(=O)S/C(=C\c3ccc(N(C)C)cc3)C2=O)c1. The third-order valence-corrected chi connectivity index (χ3v) is 4.98. The van der Waals surface area contributed by atoms with E-state index in [0.717, 1.165) is 34.1 Å². The number of hydrogen-bond acceptors (Lipinski definition) is 4. The second kappa shape index (κ2) is 6.76. The van der Waals surface area contributed by atoms with Crippen molar-refractivity contribution in [2.24, 2.45) is 0 Å². The van der Waals surface area contributed by atoms with Crippen molar-refractivity contribution in [1.82, 2.24) is 0 Å². The summed E-state index contributed by atoms with van der Waals surface area (Å²) in [6.45, 7) is 3.85. The van der Waals surface area contributed by atoms with Gasteiger partial charge in [0, 0.05) is 19.8 Å². The predicted octanol–water partition coefficient (Wildman–Crippen LogP) is 4.61. The van der Waals surface area contributed by atoms with Gasteiger partial charge in [-0.05, 0) is 66.6 Å². The molecule has 1 saturated heterocycles. The lowest BCUT2D eigenvalue weighted by Gasteiger charge is -2.16. The molecule has 0 bridgehead atoms. The van der Waals surface area contributed by atoms with Crippen molar-refractivity contribution in [3.05, 3.63) is 64.1 Å². The molecule has 1 heterocycles. The summed E-state index contributed by atoms with van der Waals surface area (Å²) < 4.78 is 0. The van der Waals surface area contributed by atoms with Crippen molar-refractivity contribution in [3.8, 4) is 0 Å². The van der Waals surface area contributed by atoms with Crippen LogP contribution in [-0.4, -0.2) is 25.2 Å². The van der Waals surface area contributed by atoms with Crippen LogP contribution >= 0.6 is 11.8 Å². The number of hydrogen-bond donors (Lipinski definition) is 0. The van der Waals surface area contributed by atoms with E-state index in [1.54, 1.807) is 6.08 Å². The van der Waals surface area contributed by atoms with Crippen molar-refractivity contribution in [1.29, 1.82) is 0 Å². The fraction of sp³-hybridized carbons (Fsp3) is 0.200. The molecule has 2 aromatic carbocycles. The van der Waals surface area contributed by atoms with E-state index in [1.807, 2.05) is 75.3 Å². The first-order valence-corrected chi connectivity index (χ1v) is 8.81. The molecule has 5 heteroatoms. The highest BCUT2D eigenvalue weighted by molar-refractivity contribution is 8.19. The van der Waals surface area contributed by atoms with E-state index in [0.29, 0.717) is 10.6 Å². The van der Waals surface area contributed by atoms with Crippen LogP contribution in [0.25, 0.3) is 6.08 Å². The average molecular weight is 352 g/mol. The van der Waals surface area contributed by atoms with E-state index < -0.39 is 0 Å². The summed E-state index contributed by atoms with van der Waals surface area (Å²) in [5.74, 6) is -0.264. The molecule has 2 aromatic rings. The Balaban J connectivity index is 1.91. The first-order valence-electron chi connectivity index (χ1n) is 7.99. The van der Waals surface area contributed by atoms with Crippen LogP contribution in [0.15, 0.2) is 47.4 Å². The number of benzene rings is 2. The quantitative estimate of drug-likeness (QED) is 0.757. The molecular formula is C20H20N2O2S. The number of aryl methyl sites for hydroxylation is 2. The highest BCUT2D eigenvalue weighted by atomic mass is 32.2. The number of anilines is 2. The van der Waals surface area contributed by atoms with Crippen LogP contribution in [0.4, 0.5) is 16.2 Å². The number of imide groups is 1. The molecule has 4 nitrogen and oxygen atoms in total.